The standard InChI is InChI=1S/C29H27F6N7O5/c1-4-19-11-21(23-20(6-7-22(38-23)45-3)42(19)27(44)46-5-2)41(25-36-12-16(13-37-25)24-39-26(43)47-40-24)14-15-8-17(28(30,31)32)10-18(9-15)29(33,34)35/h6-10,12-13,19,21H,4-5,11,14H2,1-3H3,(H,39,40,43)/t19-,21+/m1/s1. The summed E-state index contributed by atoms with van der Waals surface area (Å²) in [6.07, 6.45) is -7.80. The molecule has 0 radical (unpaired) electrons. The number of rotatable bonds is 8. The van der Waals surface area contributed by atoms with Crippen LogP contribution in [0.3, 0.4) is 0 Å². The van der Waals surface area contributed by atoms with Crippen LogP contribution >= 0.6 is 0 Å². The Morgan fingerprint density at radius 2 is 1.72 bits per heavy atom. The van der Waals surface area contributed by atoms with E-state index in [0.717, 1.165) is 0 Å². The molecular formula is C29H27F6N7O5. The van der Waals surface area contributed by atoms with Gasteiger partial charge in [-0.25, -0.2) is 24.5 Å². The van der Waals surface area contributed by atoms with E-state index in [1.807, 2.05) is 6.92 Å². The highest BCUT2D eigenvalue weighted by molar-refractivity contribution is 5.90. The number of H-pyrrole nitrogens is 1. The zero-order chi connectivity index (χ0) is 34.1. The molecule has 0 aliphatic carbocycles. The van der Waals surface area contributed by atoms with Crippen molar-refractivity contribution in [3.8, 4) is 17.3 Å². The summed E-state index contributed by atoms with van der Waals surface area (Å²) < 4.78 is 97.9. The first-order valence-electron chi connectivity index (χ1n) is 14.2. The number of ether oxygens (including phenoxy) is 2. The molecule has 1 aliphatic rings. The lowest BCUT2D eigenvalue weighted by Crippen LogP contribution is -2.48. The molecule has 250 valence electrons. The number of hydrogen-bond acceptors (Lipinski definition) is 10. The largest absolute Gasteiger partial charge is 0.481 e. The maximum absolute atomic E-state index is 13.8. The first-order chi connectivity index (χ1) is 22.2. The summed E-state index contributed by atoms with van der Waals surface area (Å²) in [4.78, 5) is 42.9. The van der Waals surface area contributed by atoms with Crippen molar-refractivity contribution in [3.05, 3.63) is 75.7 Å². The van der Waals surface area contributed by atoms with Crippen LogP contribution in [0, 0.1) is 0 Å². The molecule has 1 aliphatic heterocycles. The minimum absolute atomic E-state index is 0.00802. The van der Waals surface area contributed by atoms with E-state index < -0.39 is 54.0 Å². The molecule has 0 fully saturated rings. The summed E-state index contributed by atoms with van der Waals surface area (Å²) in [5.74, 6) is -0.819. The van der Waals surface area contributed by atoms with Crippen molar-refractivity contribution in [2.45, 2.75) is 57.7 Å². The molecule has 4 aromatic rings. The van der Waals surface area contributed by atoms with Gasteiger partial charge in [0, 0.05) is 31.0 Å². The molecule has 1 N–H and O–H groups in total. The number of nitrogens with one attached hydrogen (secondary N) is 1. The number of anilines is 2. The fourth-order valence-electron chi connectivity index (χ4n) is 5.32. The summed E-state index contributed by atoms with van der Waals surface area (Å²) in [5.41, 5.74) is -2.59. The van der Waals surface area contributed by atoms with Gasteiger partial charge >= 0.3 is 24.2 Å². The lowest BCUT2D eigenvalue weighted by Gasteiger charge is -2.43. The number of halogens is 6. The molecule has 18 heteroatoms. The Kier molecular flexibility index (Phi) is 9.13. The molecule has 3 aromatic heterocycles. The monoisotopic (exact) mass is 667 g/mol. The number of benzene rings is 1. The molecule has 2 atom stereocenters. The zero-order valence-electron chi connectivity index (χ0n) is 25.0. The molecule has 0 saturated carbocycles. The number of fused-ring (bicyclic) bond motifs is 1. The first-order valence-corrected chi connectivity index (χ1v) is 14.2. The third-order valence-corrected chi connectivity index (χ3v) is 7.44. The molecule has 0 saturated heterocycles. The van der Waals surface area contributed by atoms with Crippen LogP contribution in [0.1, 0.15) is 55.1 Å². The van der Waals surface area contributed by atoms with Crippen LogP contribution in [-0.2, 0) is 23.6 Å². The Labute approximate surface area is 262 Å². The summed E-state index contributed by atoms with van der Waals surface area (Å²) in [6.45, 7) is 2.99. The van der Waals surface area contributed by atoms with Crippen molar-refractivity contribution in [2.75, 3.05) is 23.5 Å². The van der Waals surface area contributed by atoms with Gasteiger partial charge in [-0.05, 0) is 49.6 Å². The van der Waals surface area contributed by atoms with Gasteiger partial charge in [-0.15, -0.1) is 0 Å². The van der Waals surface area contributed by atoms with Gasteiger partial charge < -0.3 is 14.4 Å². The zero-order valence-corrected chi connectivity index (χ0v) is 25.0. The number of methoxy groups -OCH3 is 1. The van der Waals surface area contributed by atoms with Crippen LogP contribution in [-0.4, -0.2) is 50.9 Å². The van der Waals surface area contributed by atoms with Gasteiger partial charge in [0.2, 0.25) is 11.8 Å². The molecule has 5 rings (SSSR count). The smallest absolute Gasteiger partial charge is 0.439 e. The van der Waals surface area contributed by atoms with Crippen molar-refractivity contribution in [2.24, 2.45) is 0 Å². The minimum Gasteiger partial charge on any atom is -0.481 e. The van der Waals surface area contributed by atoms with Gasteiger partial charge in [-0.2, -0.15) is 26.3 Å². The Hall–Kier alpha value is -5.16. The van der Waals surface area contributed by atoms with E-state index in [1.54, 1.807) is 13.0 Å². The van der Waals surface area contributed by atoms with E-state index in [2.05, 4.69) is 29.6 Å². The van der Waals surface area contributed by atoms with Crippen molar-refractivity contribution in [1.82, 2.24) is 25.1 Å². The Balaban J connectivity index is 1.69. The van der Waals surface area contributed by atoms with E-state index in [0.29, 0.717) is 24.2 Å². The highest BCUT2D eigenvalue weighted by atomic mass is 19.4. The molecular weight excluding hydrogens is 640 g/mol. The third kappa shape index (κ3) is 7.00. The number of aromatic amines is 1. The van der Waals surface area contributed by atoms with E-state index in [4.69, 9.17) is 9.47 Å². The summed E-state index contributed by atoms with van der Waals surface area (Å²) >= 11 is 0. The molecule has 12 nitrogen and oxygen atoms in total. The lowest BCUT2D eigenvalue weighted by atomic mass is 9.92. The number of alkyl halides is 6. The third-order valence-electron chi connectivity index (χ3n) is 7.44. The van der Waals surface area contributed by atoms with Crippen molar-refractivity contribution >= 4 is 17.7 Å². The van der Waals surface area contributed by atoms with E-state index in [-0.39, 0.29) is 53.6 Å². The van der Waals surface area contributed by atoms with Crippen LogP contribution in [0.4, 0.5) is 42.8 Å². The van der Waals surface area contributed by atoms with Crippen LogP contribution in [0.25, 0.3) is 11.4 Å². The lowest BCUT2D eigenvalue weighted by molar-refractivity contribution is -0.143. The molecule has 0 bridgehead atoms. The number of pyridine rings is 1. The van der Waals surface area contributed by atoms with Gasteiger partial charge in [0.05, 0.1) is 47.8 Å². The van der Waals surface area contributed by atoms with Crippen LogP contribution in [0.2, 0.25) is 0 Å². The van der Waals surface area contributed by atoms with Crippen LogP contribution < -0.4 is 20.3 Å². The first kappa shape index (κ1) is 33.2. The SMILES string of the molecule is CCOC(=O)N1c2ccc(OC)nc2[C@@H](N(Cc2cc(C(F)(F)F)cc(C(F)(F)F)c2)c2ncc(-c3noc(=O)[nH]3)cn2)C[C@H]1CC. The summed E-state index contributed by atoms with van der Waals surface area (Å²) in [5, 5.41) is 3.57. The van der Waals surface area contributed by atoms with Crippen LogP contribution in [0.15, 0.2) is 52.0 Å². The second kappa shape index (κ2) is 12.9. The topological polar surface area (TPSA) is 140 Å². The van der Waals surface area contributed by atoms with Gasteiger partial charge in [0.15, 0.2) is 5.82 Å². The Morgan fingerprint density at radius 1 is 1.06 bits per heavy atom. The second-order valence-corrected chi connectivity index (χ2v) is 10.4. The van der Waals surface area contributed by atoms with Crippen molar-refractivity contribution in [1.29, 1.82) is 0 Å². The predicted molar refractivity (Wildman–Crippen MR) is 153 cm³/mol. The summed E-state index contributed by atoms with van der Waals surface area (Å²) in [7, 11) is 1.36. The molecule has 0 spiro atoms. The number of carbonyl (C=O) groups is 1. The van der Waals surface area contributed by atoms with E-state index >= 15 is 0 Å². The van der Waals surface area contributed by atoms with E-state index in [9.17, 15) is 35.9 Å². The van der Waals surface area contributed by atoms with Gasteiger partial charge in [0.1, 0.15) is 0 Å². The maximum atomic E-state index is 13.8. The Morgan fingerprint density at radius 3 is 2.26 bits per heavy atom. The fourth-order valence-corrected chi connectivity index (χ4v) is 5.32. The van der Waals surface area contributed by atoms with Crippen molar-refractivity contribution < 1.29 is 45.1 Å². The number of hydrogen-bond donors (Lipinski definition) is 1. The average Bonchev–Trinajstić information content (AvgIpc) is 3.48. The maximum Gasteiger partial charge on any atom is 0.439 e. The molecule has 4 heterocycles. The normalized spacial score (nSPS) is 16.5. The Bertz CT molecular complexity index is 1760. The number of nitrogens with zero attached hydrogens (tertiary/aromatic N) is 6. The quantitative estimate of drug-likeness (QED) is 0.218. The summed E-state index contributed by atoms with van der Waals surface area (Å²) in [6, 6.07) is 2.96. The molecule has 47 heavy (non-hydrogen) atoms. The van der Waals surface area contributed by atoms with Gasteiger partial charge in [0.25, 0.3) is 0 Å². The number of carbonyl (C=O) groups excluding carboxylic acids is 1. The highest BCUT2D eigenvalue weighted by Gasteiger charge is 2.42. The number of amides is 1. The van der Waals surface area contributed by atoms with Gasteiger partial charge in [-0.1, -0.05) is 12.1 Å². The van der Waals surface area contributed by atoms with E-state index in [1.165, 1.54) is 35.4 Å². The molecule has 0 unspecified atom stereocenters. The predicted octanol–water partition coefficient (Wildman–Crippen LogP) is 6.15. The van der Waals surface area contributed by atoms with Crippen LogP contribution in [0.5, 0.6) is 5.88 Å². The molecule has 1 aromatic carbocycles. The fraction of sp³-hybridized carbons (Fsp3) is 0.379. The average molecular weight is 668 g/mol. The highest BCUT2D eigenvalue weighted by Crippen LogP contribution is 2.44. The molecule has 1 amide bonds. The second-order valence-electron chi connectivity index (χ2n) is 10.4. The van der Waals surface area contributed by atoms with Crippen molar-refractivity contribution in [3.63, 3.8) is 0 Å². The van der Waals surface area contributed by atoms with Gasteiger partial charge in [-0.3, -0.25) is 14.4 Å². The number of aromatic nitrogens is 5. The minimum atomic E-state index is -5.08.